The Hall–Kier alpha value is -2.33. The Balaban J connectivity index is 1.97. The summed E-state index contributed by atoms with van der Waals surface area (Å²) in [6.07, 6.45) is 0.253. The molecule has 0 aliphatic rings. The van der Waals surface area contributed by atoms with E-state index in [9.17, 15) is 4.79 Å². The zero-order valence-electron chi connectivity index (χ0n) is 12.5. The summed E-state index contributed by atoms with van der Waals surface area (Å²) < 4.78 is 5.08. The summed E-state index contributed by atoms with van der Waals surface area (Å²) in [4.78, 5) is 11.9. The van der Waals surface area contributed by atoms with Gasteiger partial charge in [-0.2, -0.15) is 5.10 Å². The molecule has 114 valence electrons. The Morgan fingerprint density at radius 1 is 1.18 bits per heavy atom. The summed E-state index contributed by atoms with van der Waals surface area (Å²) >= 11 is 6.09. The van der Waals surface area contributed by atoms with Gasteiger partial charge in [-0.25, -0.2) is 5.43 Å². The van der Waals surface area contributed by atoms with Gasteiger partial charge in [0.05, 0.1) is 19.2 Å². The van der Waals surface area contributed by atoms with Crippen molar-refractivity contribution in [1.29, 1.82) is 0 Å². The summed E-state index contributed by atoms with van der Waals surface area (Å²) in [5.74, 6) is 0.577. The first kappa shape index (κ1) is 16.0. The second-order valence-corrected chi connectivity index (χ2v) is 5.14. The Labute approximate surface area is 134 Å². The van der Waals surface area contributed by atoms with Gasteiger partial charge in [-0.15, -0.1) is 0 Å². The highest BCUT2D eigenvalue weighted by Crippen LogP contribution is 2.15. The van der Waals surface area contributed by atoms with E-state index < -0.39 is 0 Å². The number of hydrogen-bond donors (Lipinski definition) is 1. The van der Waals surface area contributed by atoms with Gasteiger partial charge in [0.2, 0.25) is 5.91 Å². The van der Waals surface area contributed by atoms with Crippen LogP contribution in [0.15, 0.2) is 53.6 Å². The van der Waals surface area contributed by atoms with Crippen molar-refractivity contribution in [3.05, 3.63) is 64.7 Å². The van der Waals surface area contributed by atoms with Crippen LogP contribution in [-0.4, -0.2) is 18.7 Å². The van der Waals surface area contributed by atoms with Gasteiger partial charge in [-0.1, -0.05) is 41.9 Å². The largest absolute Gasteiger partial charge is 0.497 e. The fourth-order valence-corrected chi connectivity index (χ4v) is 2.20. The molecular weight excluding hydrogens is 300 g/mol. The van der Waals surface area contributed by atoms with Crippen LogP contribution >= 0.6 is 11.6 Å². The van der Waals surface area contributed by atoms with Crippen molar-refractivity contribution in [2.45, 2.75) is 13.3 Å². The van der Waals surface area contributed by atoms with Gasteiger partial charge in [0.25, 0.3) is 0 Å². The van der Waals surface area contributed by atoms with Crippen molar-refractivity contribution in [2.75, 3.05) is 7.11 Å². The second kappa shape index (κ2) is 7.61. The average molecular weight is 317 g/mol. The predicted octanol–water partition coefficient (Wildman–Crippen LogP) is 3.43. The summed E-state index contributed by atoms with van der Waals surface area (Å²) in [6, 6.07) is 14.7. The number of benzene rings is 2. The van der Waals surface area contributed by atoms with Gasteiger partial charge in [-0.05, 0) is 30.7 Å². The molecule has 0 aliphatic heterocycles. The summed E-state index contributed by atoms with van der Waals surface area (Å²) in [7, 11) is 1.61. The standard InChI is InChI=1S/C17H17ClN2O2/c1-12(15-5-3-4-6-16(15)18)19-20-17(21)11-13-7-9-14(22-2)10-8-13/h3-10H,11H2,1-2H3,(H,20,21). The highest BCUT2D eigenvalue weighted by Gasteiger charge is 2.05. The van der Waals surface area contributed by atoms with E-state index in [0.29, 0.717) is 10.7 Å². The fraction of sp³-hybridized carbons (Fsp3) is 0.176. The van der Waals surface area contributed by atoms with Crippen LogP contribution in [0.25, 0.3) is 0 Å². The second-order valence-electron chi connectivity index (χ2n) is 4.74. The number of ether oxygens (including phenoxy) is 1. The zero-order valence-corrected chi connectivity index (χ0v) is 13.2. The van der Waals surface area contributed by atoms with E-state index in [1.54, 1.807) is 20.1 Å². The predicted molar refractivity (Wildman–Crippen MR) is 88.5 cm³/mol. The minimum Gasteiger partial charge on any atom is -0.497 e. The van der Waals surface area contributed by atoms with E-state index in [1.165, 1.54) is 0 Å². The average Bonchev–Trinajstić information content (AvgIpc) is 2.54. The molecule has 0 aliphatic carbocycles. The lowest BCUT2D eigenvalue weighted by atomic mass is 10.1. The van der Waals surface area contributed by atoms with E-state index in [1.807, 2.05) is 42.5 Å². The Bertz CT molecular complexity index is 681. The molecular formula is C17H17ClN2O2. The van der Waals surface area contributed by atoms with E-state index in [0.717, 1.165) is 16.9 Å². The Kier molecular flexibility index (Phi) is 5.55. The van der Waals surface area contributed by atoms with Crippen LogP contribution in [0.2, 0.25) is 5.02 Å². The number of nitrogens with zero attached hydrogens (tertiary/aromatic N) is 1. The number of halogens is 1. The molecule has 0 aromatic heterocycles. The topological polar surface area (TPSA) is 50.7 Å². The zero-order chi connectivity index (χ0) is 15.9. The smallest absolute Gasteiger partial charge is 0.244 e. The lowest BCUT2D eigenvalue weighted by molar-refractivity contribution is -0.120. The summed E-state index contributed by atoms with van der Waals surface area (Å²) in [5, 5.41) is 4.70. The van der Waals surface area contributed by atoms with Crippen molar-refractivity contribution in [2.24, 2.45) is 5.10 Å². The van der Waals surface area contributed by atoms with Crippen LogP contribution in [-0.2, 0) is 11.2 Å². The lowest BCUT2D eigenvalue weighted by Gasteiger charge is -2.05. The van der Waals surface area contributed by atoms with Gasteiger partial charge < -0.3 is 4.74 Å². The maximum absolute atomic E-state index is 11.9. The lowest BCUT2D eigenvalue weighted by Crippen LogP contribution is -2.21. The van der Waals surface area contributed by atoms with Crippen LogP contribution in [0.3, 0.4) is 0 Å². The molecule has 0 spiro atoms. The molecule has 1 N–H and O–H groups in total. The normalized spacial score (nSPS) is 11.1. The molecule has 0 heterocycles. The molecule has 0 saturated heterocycles. The molecule has 0 unspecified atom stereocenters. The molecule has 0 saturated carbocycles. The maximum Gasteiger partial charge on any atom is 0.244 e. The van der Waals surface area contributed by atoms with Crippen molar-refractivity contribution in [3.8, 4) is 5.75 Å². The van der Waals surface area contributed by atoms with Crippen LogP contribution in [0.1, 0.15) is 18.1 Å². The maximum atomic E-state index is 11.9. The number of hydrazone groups is 1. The third-order valence-corrected chi connectivity index (χ3v) is 3.47. The quantitative estimate of drug-likeness (QED) is 0.678. The molecule has 4 nitrogen and oxygen atoms in total. The number of carbonyl (C=O) groups is 1. The molecule has 0 bridgehead atoms. The third-order valence-electron chi connectivity index (χ3n) is 3.14. The number of methoxy groups -OCH3 is 1. The van der Waals surface area contributed by atoms with Gasteiger partial charge in [-0.3, -0.25) is 4.79 Å². The summed E-state index contributed by atoms with van der Waals surface area (Å²) in [6.45, 7) is 1.80. The molecule has 1 amide bonds. The molecule has 5 heteroatoms. The Morgan fingerprint density at radius 3 is 2.50 bits per heavy atom. The number of amides is 1. The highest BCUT2D eigenvalue weighted by atomic mass is 35.5. The summed E-state index contributed by atoms with van der Waals surface area (Å²) in [5.41, 5.74) is 4.90. The van der Waals surface area contributed by atoms with Crippen molar-refractivity contribution >= 4 is 23.2 Å². The number of rotatable bonds is 5. The molecule has 0 radical (unpaired) electrons. The van der Waals surface area contributed by atoms with Crippen LogP contribution < -0.4 is 10.2 Å². The minimum atomic E-state index is -0.184. The van der Waals surface area contributed by atoms with Gasteiger partial charge in [0.15, 0.2) is 0 Å². The van der Waals surface area contributed by atoms with E-state index in [4.69, 9.17) is 16.3 Å². The van der Waals surface area contributed by atoms with Crippen LogP contribution in [0, 0.1) is 0 Å². The van der Waals surface area contributed by atoms with Crippen molar-refractivity contribution < 1.29 is 9.53 Å². The first-order valence-electron chi connectivity index (χ1n) is 6.81. The number of hydrogen-bond acceptors (Lipinski definition) is 3. The van der Waals surface area contributed by atoms with Crippen molar-refractivity contribution in [3.63, 3.8) is 0 Å². The fourth-order valence-electron chi connectivity index (χ4n) is 1.93. The molecule has 22 heavy (non-hydrogen) atoms. The first-order chi connectivity index (χ1) is 10.6. The van der Waals surface area contributed by atoms with Gasteiger partial charge >= 0.3 is 0 Å². The number of carbonyl (C=O) groups excluding carboxylic acids is 1. The highest BCUT2D eigenvalue weighted by molar-refractivity contribution is 6.34. The SMILES string of the molecule is COc1ccc(CC(=O)NN=C(C)c2ccccc2Cl)cc1. The number of nitrogens with one attached hydrogen (secondary N) is 1. The van der Waals surface area contributed by atoms with Crippen LogP contribution in [0.5, 0.6) is 5.75 Å². The molecule has 2 rings (SSSR count). The molecule has 2 aromatic rings. The third kappa shape index (κ3) is 4.33. The van der Waals surface area contributed by atoms with Crippen LogP contribution in [0.4, 0.5) is 0 Å². The Morgan fingerprint density at radius 2 is 1.86 bits per heavy atom. The molecule has 0 fully saturated rings. The van der Waals surface area contributed by atoms with E-state index in [2.05, 4.69) is 10.5 Å². The van der Waals surface area contributed by atoms with Crippen molar-refractivity contribution in [1.82, 2.24) is 5.43 Å². The van der Waals surface area contributed by atoms with Gasteiger partial charge in [0.1, 0.15) is 5.75 Å². The van der Waals surface area contributed by atoms with E-state index >= 15 is 0 Å². The first-order valence-corrected chi connectivity index (χ1v) is 7.19. The monoisotopic (exact) mass is 316 g/mol. The van der Waals surface area contributed by atoms with Gasteiger partial charge in [0, 0.05) is 10.6 Å². The molecule has 0 atom stereocenters. The molecule has 2 aromatic carbocycles. The minimum absolute atomic E-state index is 0.184. The van der Waals surface area contributed by atoms with E-state index in [-0.39, 0.29) is 12.3 Å².